The van der Waals surface area contributed by atoms with E-state index in [0.29, 0.717) is 24.4 Å². The molecule has 0 aliphatic rings. The number of para-hydroxylation sites is 1. The molecular weight excluding hydrogens is 376 g/mol. The van der Waals surface area contributed by atoms with Crippen molar-refractivity contribution in [1.82, 2.24) is 10.2 Å². The fraction of sp³-hybridized carbons (Fsp3) is 0.200. The maximum atomic E-state index is 12.6. The van der Waals surface area contributed by atoms with Gasteiger partial charge in [0.1, 0.15) is 5.75 Å². The highest BCUT2D eigenvalue weighted by Crippen LogP contribution is 2.18. The Morgan fingerprint density at radius 3 is 2.27 bits per heavy atom. The minimum Gasteiger partial charge on any atom is -0.483 e. The van der Waals surface area contributed by atoms with Crippen LogP contribution in [0.3, 0.4) is 0 Å². The Morgan fingerprint density at radius 1 is 0.867 bits per heavy atom. The molecule has 0 spiro atoms. The van der Waals surface area contributed by atoms with Gasteiger partial charge >= 0.3 is 0 Å². The van der Waals surface area contributed by atoms with Crippen LogP contribution in [-0.2, 0) is 17.9 Å². The summed E-state index contributed by atoms with van der Waals surface area (Å²) in [5, 5.41) is 2.89. The molecule has 1 N–H and O–H groups in total. The quantitative estimate of drug-likeness (QED) is 0.620. The van der Waals surface area contributed by atoms with Gasteiger partial charge in [0.05, 0.1) is 5.56 Å². The summed E-state index contributed by atoms with van der Waals surface area (Å²) in [6.07, 6.45) is 0. The molecule has 2 amide bonds. The topological polar surface area (TPSA) is 58.6 Å². The van der Waals surface area contributed by atoms with Gasteiger partial charge in [0.15, 0.2) is 6.61 Å². The first-order valence-electron chi connectivity index (χ1n) is 9.86. The van der Waals surface area contributed by atoms with E-state index in [4.69, 9.17) is 4.74 Å². The van der Waals surface area contributed by atoms with Crippen molar-refractivity contribution < 1.29 is 14.3 Å². The van der Waals surface area contributed by atoms with Crippen molar-refractivity contribution in [3.05, 3.63) is 101 Å². The number of nitrogens with one attached hydrogen (secondary N) is 1. The number of amides is 2. The lowest BCUT2D eigenvalue weighted by Crippen LogP contribution is -2.31. The summed E-state index contributed by atoms with van der Waals surface area (Å²) >= 11 is 0. The molecule has 0 aromatic heterocycles. The fourth-order valence-corrected chi connectivity index (χ4v) is 2.96. The lowest BCUT2D eigenvalue weighted by Gasteiger charge is -2.18. The Balaban J connectivity index is 1.56. The van der Waals surface area contributed by atoms with Crippen molar-refractivity contribution in [3.63, 3.8) is 0 Å². The number of hydrogen-bond acceptors (Lipinski definition) is 3. The SMILES string of the molecule is Cc1ccc(CN(C)C(=O)COc2ccccc2C(=O)NCc2ccccc2)cc1. The first-order chi connectivity index (χ1) is 14.5. The summed E-state index contributed by atoms with van der Waals surface area (Å²) in [7, 11) is 1.74. The summed E-state index contributed by atoms with van der Waals surface area (Å²) in [6.45, 7) is 2.82. The molecule has 5 nitrogen and oxygen atoms in total. The average molecular weight is 402 g/mol. The Kier molecular flexibility index (Phi) is 7.22. The Labute approximate surface area is 177 Å². The lowest BCUT2D eigenvalue weighted by molar-refractivity contribution is -0.132. The molecule has 3 rings (SSSR count). The minimum atomic E-state index is -0.241. The molecule has 154 valence electrons. The predicted molar refractivity (Wildman–Crippen MR) is 117 cm³/mol. The number of ether oxygens (including phenoxy) is 1. The Hall–Kier alpha value is -3.60. The van der Waals surface area contributed by atoms with Gasteiger partial charge in [-0.3, -0.25) is 9.59 Å². The number of benzene rings is 3. The van der Waals surface area contributed by atoms with E-state index in [1.807, 2.05) is 61.5 Å². The van der Waals surface area contributed by atoms with Gasteiger partial charge in [-0.1, -0.05) is 72.3 Å². The summed E-state index contributed by atoms with van der Waals surface area (Å²) in [5.74, 6) is -0.00914. The molecule has 0 bridgehead atoms. The van der Waals surface area contributed by atoms with E-state index in [1.165, 1.54) is 5.56 Å². The van der Waals surface area contributed by atoms with Gasteiger partial charge < -0.3 is 15.0 Å². The number of rotatable bonds is 8. The minimum absolute atomic E-state index is 0.134. The van der Waals surface area contributed by atoms with Crippen LogP contribution in [0.1, 0.15) is 27.0 Å². The number of carbonyl (C=O) groups excluding carboxylic acids is 2. The number of aryl methyl sites for hydroxylation is 1. The van der Waals surface area contributed by atoms with Gasteiger partial charge in [0, 0.05) is 20.1 Å². The van der Waals surface area contributed by atoms with Crippen LogP contribution in [0.5, 0.6) is 5.75 Å². The van der Waals surface area contributed by atoms with Crippen LogP contribution < -0.4 is 10.1 Å². The molecule has 0 saturated heterocycles. The highest BCUT2D eigenvalue weighted by molar-refractivity contribution is 5.97. The molecule has 0 fully saturated rings. The first-order valence-corrected chi connectivity index (χ1v) is 9.86. The van der Waals surface area contributed by atoms with Crippen LogP contribution in [0.4, 0.5) is 0 Å². The van der Waals surface area contributed by atoms with E-state index in [0.717, 1.165) is 11.1 Å². The van der Waals surface area contributed by atoms with Crippen LogP contribution in [0.2, 0.25) is 0 Å². The van der Waals surface area contributed by atoms with E-state index in [-0.39, 0.29) is 18.4 Å². The second-order valence-corrected chi connectivity index (χ2v) is 7.19. The van der Waals surface area contributed by atoms with Crippen molar-refractivity contribution in [2.75, 3.05) is 13.7 Å². The molecule has 0 aliphatic carbocycles. The molecule has 30 heavy (non-hydrogen) atoms. The molecule has 5 heteroatoms. The van der Waals surface area contributed by atoms with Crippen molar-refractivity contribution >= 4 is 11.8 Å². The van der Waals surface area contributed by atoms with Gasteiger partial charge in [0.2, 0.25) is 0 Å². The van der Waals surface area contributed by atoms with Gasteiger partial charge in [-0.15, -0.1) is 0 Å². The Bertz CT molecular complexity index is 985. The van der Waals surface area contributed by atoms with Crippen molar-refractivity contribution in [1.29, 1.82) is 0 Å². The summed E-state index contributed by atoms with van der Waals surface area (Å²) in [4.78, 5) is 26.7. The van der Waals surface area contributed by atoms with E-state index >= 15 is 0 Å². The lowest BCUT2D eigenvalue weighted by atomic mass is 10.1. The van der Waals surface area contributed by atoms with Crippen LogP contribution >= 0.6 is 0 Å². The fourth-order valence-electron chi connectivity index (χ4n) is 2.96. The van der Waals surface area contributed by atoms with Crippen LogP contribution in [-0.4, -0.2) is 30.4 Å². The van der Waals surface area contributed by atoms with Gasteiger partial charge in [-0.25, -0.2) is 0 Å². The van der Waals surface area contributed by atoms with Crippen LogP contribution in [0.25, 0.3) is 0 Å². The maximum absolute atomic E-state index is 12.6. The molecular formula is C25H26N2O3. The Morgan fingerprint density at radius 2 is 1.53 bits per heavy atom. The molecule has 0 radical (unpaired) electrons. The van der Waals surface area contributed by atoms with E-state index < -0.39 is 0 Å². The molecule has 0 heterocycles. The van der Waals surface area contributed by atoms with E-state index in [9.17, 15) is 9.59 Å². The van der Waals surface area contributed by atoms with E-state index in [1.54, 1.807) is 36.2 Å². The number of hydrogen-bond donors (Lipinski definition) is 1. The number of nitrogens with zero attached hydrogens (tertiary/aromatic N) is 1. The monoisotopic (exact) mass is 402 g/mol. The average Bonchev–Trinajstić information content (AvgIpc) is 2.78. The van der Waals surface area contributed by atoms with Crippen molar-refractivity contribution in [2.45, 2.75) is 20.0 Å². The molecule has 3 aromatic rings. The third kappa shape index (κ3) is 5.95. The molecule has 0 aliphatic heterocycles. The highest BCUT2D eigenvalue weighted by Gasteiger charge is 2.15. The molecule has 0 unspecified atom stereocenters. The predicted octanol–water partition coefficient (Wildman–Crippen LogP) is 3.96. The standard InChI is InChI=1S/C25H26N2O3/c1-19-12-14-21(15-13-19)17-27(2)24(28)18-30-23-11-7-6-10-22(23)25(29)26-16-20-8-4-3-5-9-20/h3-15H,16-18H2,1-2H3,(H,26,29). The summed E-state index contributed by atoms with van der Waals surface area (Å²) in [5.41, 5.74) is 3.65. The second-order valence-electron chi connectivity index (χ2n) is 7.19. The summed E-state index contributed by atoms with van der Waals surface area (Å²) < 4.78 is 5.70. The van der Waals surface area contributed by atoms with E-state index in [2.05, 4.69) is 5.32 Å². The van der Waals surface area contributed by atoms with Gasteiger partial charge in [-0.05, 0) is 30.2 Å². The maximum Gasteiger partial charge on any atom is 0.260 e. The van der Waals surface area contributed by atoms with Crippen molar-refractivity contribution in [3.8, 4) is 5.75 Å². The first kappa shape index (κ1) is 21.1. The van der Waals surface area contributed by atoms with Crippen LogP contribution in [0, 0.1) is 6.92 Å². The highest BCUT2D eigenvalue weighted by atomic mass is 16.5. The number of carbonyl (C=O) groups is 2. The third-order valence-electron chi connectivity index (χ3n) is 4.74. The summed E-state index contributed by atoms with van der Waals surface area (Å²) in [6, 6.07) is 24.7. The van der Waals surface area contributed by atoms with Crippen molar-refractivity contribution in [2.24, 2.45) is 0 Å². The second kappa shape index (κ2) is 10.3. The smallest absolute Gasteiger partial charge is 0.260 e. The largest absolute Gasteiger partial charge is 0.483 e. The molecule has 0 atom stereocenters. The zero-order chi connectivity index (χ0) is 21.3. The number of likely N-dealkylation sites (N-methyl/N-ethyl adjacent to an activating group) is 1. The zero-order valence-corrected chi connectivity index (χ0v) is 17.3. The van der Waals surface area contributed by atoms with Gasteiger partial charge in [-0.2, -0.15) is 0 Å². The molecule has 3 aromatic carbocycles. The normalized spacial score (nSPS) is 10.3. The van der Waals surface area contributed by atoms with Crippen LogP contribution in [0.15, 0.2) is 78.9 Å². The van der Waals surface area contributed by atoms with Gasteiger partial charge in [0.25, 0.3) is 11.8 Å². The third-order valence-corrected chi connectivity index (χ3v) is 4.74. The zero-order valence-electron chi connectivity index (χ0n) is 17.3. The molecule has 0 saturated carbocycles.